The lowest BCUT2D eigenvalue weighted by Crippen LogP contribution is -2.05. The Morgan fingerprint density at radius 1 is 1.29 bits per heavy atom. The molecule has 3 nitrogen and oxygen atoms in total. The maximum atomic E-state index is 11.9. The summed E-state index contributed by atoms with van der Waals surface area (Å²) in [6.07, 6.45) is 1.93. The second kappa shape index (κ2) is 4.97. The SMILES string of the molecule is Nc1ccc(C(=O)Cc2ccccn2)cc1Cl. The first kappa shape index (κ1) is 11.6. The normalized spacial score (nSPS) is 10.2. The molecular weight excluding hydrogens is 236 g/mol. The Hall–Kier alpha value is -1.87. The fourth-order valence-electron chi connectivity index (χ4n) is 1.47. The zero-order valence-corrected chi connectivity index (χ0v) is 9.82. The van der Waals surface area contributed by atoms with Gasteiger partial charge in [0.05, 0.1) is 17.1 Å². The lowest BCUT2D eigenvalue weighted by molar-refractivity contribution is 0.0992. The molecular formula is C13H11ClN2O. The molecule has 0 saturated carbocycles. The standard InChI is InChI=1S/C13H11ClN2O/c14-11-7-9(4-5-12(11)15)13(17)8-10-3-1-2-6-16-10/h1-7H,8,15H2. The first-order valence-corrected chi connectivity index (χ1v) is 5.53. The number of halogens is 1. The maximum absolute atomic E-state index is 11.9. The second-order valence-electron chi connectivity index (χ2n) is 3.66. The molecule has 0 saturated heterocycles. The van der Waals surface area contributed by atoms with E-state index in [2.05, 4.69) is 4.98 Å². The number of nitrogens with zero attached hydrogens (tertiary/aromatic N) is 1. The minimum Gasteiger partial charge on any atom is -0.398 e. The van der Waals surface area contributed by atoms with Crippen molar-refractivity contribution in [2.75, 3.05) is 5.73 Å². The van der Waals surface area contributed by atoms with Crippen LogP contribution in [0, 0.1) is 0 Å². The highest BCUT2D eigenvalue weighted by Gasteiger charge is 2.09. The highest BCUT2D eigenvalue weighted by atomic mass is 35.5. The largest absolute Gasteiger partial charge is 0.398 e. The van der Waals surface area contributed by atoms with Crippen molar-refractivity contribution in [2.45, 2.75) is 6.42 Å². The predicted octanol–water partition coefficient (Wildman–Crippen LogP) is 2.74. The number of carbonyl (C=O) groups is 1. The number of aromatic nitrogens is 1. The molecule has 2 aromatic rings. The zero-order chi connectivity index (χ0) is 12.3. The van der Waals surface area contributed by atoms with Gasteiger partial charge in [0, 0.05) is 17.5 Å². The molecule has 1 heterocycles. The second-order valence-corrected chi connectivity index (χ2v) is 4.06. The van der Waals surface area contributed by atoms with Crippen molar-refractivity contribution in [1.29, 1.82) is 0 Å². The van der Waals surface area contributed by atoms with Crippen molar-refractivity contribution in [1.82, 2.24) is 4.98 Å². The Labute approximate surface area is 104 Å². The molecule has 0 unspecified atom stereocenters. The van der Waals surface area contributed by atoms with Crippen LogP contribution in [0.3, 0.4) is 0 Å². The van der Waals surface area contributed by atoms with Crippen molar-refractivity contribution in [2.24, 2.45) is 0 Å². The van der Waals surface area contributed by atoms with E-state index in [0.29, 0.717) is 16.3 Å². The van der Waals surface area contributed by atoms with E-state index in [1.807, 2.05) is 18.2 Å². The van der Waals surface area contributed by atoms with E-state index >= 15 is 0 Å². The minimum absolute atomic E-state index is 0.0226. The van der Waals surface area contributed by atoms with E-state index < -0.39 is 0 Å². The number of ketones is 1. The van der Waals surface area contributed by atoms with E-state index in [1.165, 1.54) is 0 Å². The number of anilines is 1. The third-order valence-electron chi connectivity index (χ3n) is 2.39. The molecule has 0 fully saturated rings. The van der Waals surface area contributed by atoms with Crippen LogP contribution in [0.2, 0.25) is 5.02 Å². The van der Waals surface area contributed by atoms with Crippen LogP contribution in [-0.4, -0.2) is 10.8 Å². The van der Waals surface area contributed by atoms with Crippen LogP contribution in [0.1, 0.15) is 16.1 Å². The molecule has 4 heteroatoms. The summed E-state index contributed by atoms with van der Waals surface area (Å²) in [6, 6.07) is 10.4. The summed E-state index contributed by atoms with van der Waals surface area (Å²) in [5.41, 5.74) is 7.35. The molecule has 0 aliphatic rings. The number of benzene rings is 1. The molecule has 2 rings (SSSR count). The summed E-state index contributed by atoms with van der Waals surface area (Å²) in [4.78, 5) is 16.0. The molecule has 0 bridgehead atoms. The first-order chi connectivity index (χ1) is 8.16. The molecule has 1 aromatic carbocycles. The van der Waals surface area contributed by atoms with Crippen LogP contribution in [0.15, 0.2) is 42.6 Å². The zero-order valence-electron chi connectivity index (χ0n) is 9.06. The van der Waals surface area contributed by atoms with Crippen LogP contribution < -0.4 is 5.73 Å². The molecule has 0 amide bonds. The summed E-state index contributed by atoms with van der Waals surface area (Å²) < 4.78 is 0. The van der Waals surface area contributed by atoms with Crippen LogP contribution >= 0.6 is 11.6 Å². The van der Waals surface area contributed by atoms with Crippen LogP contribution in [-0.2, 0) is 6.42 Å². The molecule has 0 aliphatic carbocycles. The summed E-state index contributed by atoms with van der Waals surface area (Å²) in [5.74, 6) is -0.0226. The van der Waals surface area contributed by atoms with Gasteiger partial charge in [-0.15, -0.1) is 0 Å². The number of pyridine rings is 1. The van der Waals surface area contributed by atoms with Gasteiger partial charge in [0.15, 0.2) is 5.78 Å². The number of hydrogen-bond donors (Lipinski definition) is 1. The van der Waals surface area contributed by atoms with Crippen molar-refractivity contribution >= 4 is 23.1 Å². The quantitative estimate of drug-likeness (QED) is 0.669. The molecule has 0 spiro atoms. The molecule has 1 aromatic heterocycles. The van der Waals surface area contributed by atoms with E-state index in [1.54, 1.807) is 24.4 Å². The van der Waals surface area contributed by atoms with Crippen molar-refractivity contribution in [3.05, 3.63) is 58.9 Å². The van der Waals surface area contributed by atoms with E-state index in [0.717, 1.165) is 5.69 Å². The fraction of sp³-hybridized carbons (Fsp3) is 0.0769. The smallest absolute Gasteiger partial charge is 0.168 e. The average molecular weight is 247 g/mol. The van der Waals surface area contributed by atoms with Crippen molar-refractivity contribution in [3.8, 4) is 0 Å². The molecule has 0 atom stereocenters. The number of rotatable bonds is 3. The van der Waals surface area contributed by atoms with Gasteiger partial charge in [-0.3, -0.25) is 9.78 Å². The van der Waals surface area contributed by atoms with Crippen molar-refractivity contribution < 1.29 is 4.79 Å². The molecule has 86 valence electrons. The monoisotopic (exact) mass is 246 g/mol. The third kappa shape index (κ3) is 2.82. The Morgan fingerprint density at radius 2 is 2.12 bits per heavy atom. The van der Waals surface area contributed by atoms with E-state index in [-0.39, 0.29) is 12.2 Å². The number of nitrogens with two attached hydrogens (primary N) is 1. The predicted molar refractivity (Wildman–Crippen MR) is 68.1 cm³/mol. The Morgan fingerprint density at radius 3 is 2.76 bits per heavy atom. The minimum atomic E-state index is -0.0226. The molecule has 0 radical (unpaired) electrons. The highest BCUT2D eigenvalue weighted by molar-refractivity contribution is 6.33. The van der Waals surface area contributed by atoms with Gasteiger partial charge in [-0.1, -0.05) is 17.7 Å². The maximum Gasteiger partial charge on any atom is 0.168 e. The molecule has 2 N–H and O–H groups in total. The summed E-state index contributed by atoms with van der Waals surface area (Å²) >= 11 is 5.87. The lowest BCUT2D eigenvalue weighted by atomic mass is 10.1. The number of carbonyl (C=O) groups excluding carboxylic acids is 1. The molecule has 17 heavy (non-hydrogen) atoms. The fourth-order valence-corrected chi connectivity index (χ4v) is 1.65. The Kier molecular flexibility index (Phi) is 3.40. The van der Waals surface area contributed by atoms with Gasteiger partial charge in [-0.25, -0.2) is 0 Å². The van der Waals surface area contributed by atoms with Crippen LogP contribution in [0.5, 0.6) is 0 Å². The average Bonchev–Trinajstić information content (AvgIpc) is 2.34. The van der Waals surface area contributed by atoms with Gasteiger partial charge in [-0.05, 0) is 30.3 Å². The number of nitrogen functional groups attached to an aromatic ring is 1. The van der Waals surface area contributed by atoms with Gasteiger partial charge in [-0.2, -0.15) is 0 Å². The van der Waals surface area contributed by atoms with Gasteiger partial charge in [0.25, 0.3) is 0 Å². The van der Waals surface area contributed by atoms with Gasteiger partial charge >= 0.3 is 0 Å². The van der Waals surface area contributed by atoms with Crippen LogP contribution in [0.4, 0.5) is 5.69 Å². The number of Topliss-reactive ketones (excluding diaryl/α,β-unsaturated/α-hetero) is 1. The Bertz CT molecular complexity index is 540. The highest BCUT2D eigenvalue weighted by Crippen LogP contribution is 2.20. The number of hydrogen-bond acceptors (Lipinski definition) is 3. The summed E-state index contributed by atoms with van der Waals surface area (Å²) in [7, 11) is 0. The lowest BCUT2D eigenvalue weighted by Gasteiger charge is -2.03. The van der Waals surface area contributed by atoms with Gasteiger partial charge < -0.3 is 5.73 Å². The topological polar surface area (TPSA) is 56.0 Å². The summed E-state index contributed by atoms with van der Waals surface area (Å²) in [6.45, 7) is 0. The molecule has 0 aliphatic heterocycles. The Balaban J connectivity index is 2.18. The third-order valence-corrected chi connectivity index (χ3v) is 2.72. The van der Waals surface area contributed by atoms with Crippen molar-refractivity contribution in [3.63, 3.8) is 0 Å². The van der Waals surface area contributed by atoms with Gasteiger partial charge in [0.1, 0.15) is 0 Å². The van der Waals surface area contributed by atoms with Crippen LogP contribution in [0.25, 0.3) is 0 Å². The van der Waals surface area contributed by atoms with E-state index in [4.69, 9.17) is 17.3 Å². The summed E-state index contributed by atoms with van der Waals surface area (Å²) in [5, 5.41) is 0.400. The first-order valence-electron chi connectivity index (χ1n) is 5.15. The van der Waals surface area contributed by atoms with E-state index in [9.17, 15) is 4.79 Å². The van der Waals surface area contributed by atoms with Gasteiger partial charge in [0.2, 0.25) is 0 Å².